The molecule has 0 saturated carbocycles. The van der Waals surface area contributed by atoms with Crippen molar-refractivity contribution in [1.29, 1.82) is 0 Å². The minimum absolute atomic E-state index is 0.255. The number of fused-ring (bicyclic) bond motifs is 1. The average Bonchev–Trinajstić information content (AvgIpc) is 2.50. The molecular weight excluding hydrogens is 333 g/mol. The molecule has 0 aliphatic carbocycles. The highest BCUT2D eigenvalue weighted by Gasteiger charge is 2.07. The molecule has 1 aromatic heterocycles. The van der Waals surface area contributed by atoms with Crippen LogP contribution in [0.15, 0.2) is 46.9 Å². The van der Waals surface area contributed by atoms with E-state index in [1.165, 1.54) is 12.1 Å². The number of hydrogen-bond donors (Lipinski definition) is 1. The minimum atomic E-state index is -0.255. The van der Waals surface area contributed by atoms with Crippen molar-refractivity contribution in [3.05, 3.63) is 64.0 Å². The molecule has 3 rings (SSSR count). The molecule has 1 heterocycles. The smallest absolute Gasteiger partial charge is 0.156 e. The van der Waals surface area contributed by atoms with Crippen LogP contribution in [0, 0.1) is 12.7 Å². The maximum absolute atomic E-state index is 13.3. The summed E-state index contributed by atoms with van der Waals surface area (Å²) in [6.45, 7) is 2.41. The van der Waals surface area contributed by atoms with Gasteiger partial charge in [0, 0.05) is 21.8 Å². The van der Waals surface area contributed by atoms with Gasteiger partial charge in [0.1, 0.15) is 5.82 Å². The van der Waals surface area contributed by atoms with E-state index in [1.54, 1.807) is 6.07 Å². The number of halogens is 2. The fourth-order valence-electron chi connectivity index (χ4n) is 2.23. The maximum Gasteiger partial charge on any atom is 0.156 e. The van der Waals surface area contributed by atoms with Gasteiger partial charge in [0.2, 0.25) is 0 Å². The molecule has 0 unspecified atom stereocenters. The Morgan fingerprint density at radius 2 is 1.86 bits per heavy atom. The molecule has 3 nitrogen and oxygen atoms in total. The van der Waals surface area contributed by atoms with Crippen LogP contribution in [-0.4, -0.2) is 10.2 Å². The van der Waals surface area contributed by atoms with E-state index in [1.807, 2.05) is 31.2 Å². The van der Waals surface area contributed by atoms with Gasteiger partial charge in [-0.25, -0.2) is 4.39 Å². The monoisotopic (exact) mass is 345 g/mol. The van der Waals surface area contributed by atoms with E-state index in [4.69, 9.17) is 0 Å². The van der Waals surface area contributed by atoms with Crippen molar-refractivity contribution >= 4 is 32.5 Å². The second-order valence-electron chi connectivity index (χ2n) is 4.77. The summed E-state index contributed by atoms with van der Waals surface area (Å²) in [4.78, 5) is 0. The van der Waals surface area contributed by atoms with Crippen LogP contribution in [0.3, 0.4) is 0 Å². The van der Waals surface area contributed by atoms with Crippen molar-refractivity contribution in [2.45, 2.75) is 13.5 Å². The molecular formula is C16H13BrFN3. The summed E-state index contributed by atoms with van der Waals surface area (Å²) in [5.74, 6) is 0.446. The van der Waals surface area contributed by atoms with Crippen LogP contribution in [-0.2, 0) is 6.54 Å². The van der Waals surface area contributed by atoms with Gasteiger partial charge in [-0.2, -0.15) is 5.10 Å². The molecule has 0 atom stereocenters. The zero-order chi connectivity index (χ0) is 14.8. The fourth-order valence-corrected chi connectivity index (χ4v) is 2.61. The molecule has 106 valence electrons. The van der Waals surface area contributed by atoms with Crippen LogP contribution in [0.2, 0.25) is 0 Å². The number of benzene rings is 2. The zero-order valence-electron chi connectivity index (χ0n) is 11.4. The quantitative estimate of drug-likeness (QED) is 0.761. The summed E-state index contributed by atoms with van der Waals surface area (Å²) in [5, 5.41) is 13.7. The Hall–Kier alpha value is -2.01. The standard InChI is InChI=1S/C16H13BrFN3/c1-10-13-4-2-3-5-14(13)16(21-20-10)19-9-11-8-12(18)6-7-15(11)17/h2-8H,9H2,1H3,(H,19,21). The van der Waals surface area contributed by atoms with Gasteiger partial charge >= 0.3 is 0 Å². The first-order valence-electron chi connectivity index (χ1n) is 6.55. The van der Waals surface area contributed by atoms with E-state index in [-0.39, 0.29) is 5.82 Å². The SMILES string of the molecule is Cc1nnc(NCc2cc(F)ccc2Br)c2ccccc12. The van der Waals surface area contributed by atoms with E-state index >= 15 is 0 Å². The summed E-state index contributed by atoms with van der Waals surface area (Å²) < 4.78 is 14.2. The summed E-state index contributed by atoms with van der Waals surface area (Å²) in [6.07, 6.45) is 0. The van der Waals surface area contributed by atoms with Crippen LogP contribution in [0.1, 0.15) is 11.3 Å². The molecule has 5 heteroatoms. The van der Waals surface area contributed by atoms with E-state index in [0.717, 1.165) is 26.5 Å². The maximum atomic E-state index is 13.3. The topological polar surface area (TPSA) is 37.8 Å². The van der Waals surface area contributed by atoms with Gasteiger partial charge < -0.3 is 5.32 Å². The summed E-state index contributed by atoms with van der Waals surface area (Å²) in [5.41, 5.74) is 1.73. The molecule has 0 spiro atoms. The third-order valence-corrected chi connectivity index (χ3v) is 4.10. The van der Waals surface area contributed by atoms with Crippen molar-refractivity contribution in [2.75, 3.05) is 5.32 Å². The highest BCUT2D eigenvalue weighted by molar-refractivity contribution is 9.10. The first-order chi connectivity index (χ1) is 10.1. The summed E-state index contributed by atoms with van der Waals surface area (Å²) in [6, 6.07) is 12.6. The van der Waals surface area contributed by atoms with Crippen molar-refractivity contribution in [2.24, 2.45) is 0 Å². The molecule has 21 heavy (non-hydrogen) atoms. The molecule has 0 aliphatic heterocycles. The fraction of sp³-hybridized carbons (Fsp3) is 0.125. The number of nitrogens with zero attached hydrogens (tertiary/aromatic N) is 2. The Labute approximate surface area is 130 Å². The highest BCUT2D eigenvalue weighted by Crippen LogP contribution is 2.24. The Bertz CT molecular complexity index is 805. The summed E-state index contributed by atoms with van der Waals surface area (Å²) in [7, 11) is 0. The number of rotatable bonds is 3. The lowest BCUT2D eigenvalue weighted by Crippen LogP contribution is -2.05. The van der Waals surface area contributed by atoms with Gasteiger partial charge in [0.15, 0.2) is 5.82 Å². The lowest BCUT2D eigenvalue weighted by Gasteiger charge is -2.10. The largest absolute Gasteiger partial charge is 0.364 e. The normalized spacial score (nSPS) is 10.8. The van der Waals surface area contributed by atoms with Crippen LogP contribution >= 0.6 is 15.9 Å². The van der Waals surface area contributed by atoms with Crippen molar-refractivity contribution in [3.63, 3.8) is 0 Å². The number of aryl methyl sites for hydroxylation is 1. The third kappa shape index (κ3) is 2.88. The third-order valence-electron chi connectivity index (χ3n) is 3.33. The van der Waals surface area contributed by atoms with Gasteiger partial charge in [0.25, 0.3) is 0 Å². The van der Waals surface area contributed by atoms with Crippen molar-refractivity contribution in [1.82, 2.24) is 10.2 Å². The van der Waals surface area contributed by atoms with E-state index in [2.05, 4.69) is 31.4 Å². The average molecular weight is 346 g/mol. The predicted octanol–water partition coefficient (Wildman–Crippen LogP) is 4.45. The first-order valence-corrected chi connectivity index (χ1v) is 7.34. The van der Waals surface area contributed by atoms with Gasteiger partial charge in [-0.3, -0.25) is 0 Å². The number of hydrogen-bond acceptors (Lipinski definition) is 3. The van der Waals surface area contributed by atoms with Gasteiger partial charge in [0.05, 0.1) is 5.69 Å². The Morgan fingerprint density at radius 3 is 2.67 bits per heavy atom. The highest BCUT2D eigenvalue weighted by atomic mass is 79.9. The second kappa shape index (κ2) is 5.77. The van der Waals surface area contributed by atoms with Crippen LogP contribution in [0.5, 0.6) is 0 Å². The molecule has 1 N–H and O–H groups in total. The Morgan fingerprint density at radius 1 is 1.10 bits per heavy atom. The minimum Gasteiger partial charge on any atom is -0.364 e. The van der Waals surface area contributed by atoms with Crippen molar-refractivity contribution < 1.29 is 4.39 Å². The molecule has 0 bridgehead atoms. The van der Waals surface area contributed by atoms with E-state index in [9.17, 15) is 4.39 Å². The Balaban J connectivity index is 1.92. The molecule has 2 aromatic carbocycles. The number of anilines is 1. The van der Waals surface area contributed by atoms with Crippen LogP contribution in [0.4, 0.5) is 10.2 Å². The van der Waals surface area contributed by atoms with Crippen molar-refractivity contribution in [3.8, 4) is 0 Å². The molecule has 0 amide bonds. The Kier molecular flexibility index (Phi) is 3.84. The second-order valence-corrected chi connectivity index (χ2v) is 5.62. The van der Waals surface area contributed by atoms with Crippen LogP contribution in [0.25, 0.3) is 10.8 Å². The lowest BCUT2D eigenvalue weighted by atomic mass is 10.1. The lowest BCUT2D eigenvalue weighted by molar-refractivity contribution is 0.625. The summed E-state index contributed by atoms with van der Waals surface area (Å²) >= 11 is 3.42. The molecule has 0 radical (unpaired) electrons. The van der Waals surface area contributed by atoms with Crippen LogP contribution < -0.4 is 5.32 Å². The van der Waals surface area contributed by atoms with E-state index < -0.39 is 0 Å². The number of nitrogens with one attached hydrogen (secondary N) is 1. The molecule has 0 saturated heterocycles. The molecule has 0 aliphatic rings. The molecule has 0 fully saturated rings. The van der Waals surface area contributed by atoms with Gasteiger partial charge in [-0.1, -0.05) is 40.2 Å². The molecule has 3 aromatic rings. The first kappa shape index (κ1) is 13.9. The zero-order valence-corrected chi connectivity index (χ0v) is 13.0. The van der Waals surface area contributed by atoms with Gasteiger partial charge in [-0.15, -0.1) is 5.10 Å². The number of aromatic nitrogens is 2. The van der Waals surface area contributed by atoms with Gasteiger partial charge in [-0.05, 0) is 30.7 Å². The predicted molar refractivity (Wildman–Crippen MR) is 85.7 cm³/mol. The van der Waals surface area contributed by atoms with E-state index in [0.29, 0.717) is 12.4 Å².